The van der Waals surface area contributed by atoms with Gasteiger partial charge in [0.2, 0.25) is 6.79 Å². The molecule has 1 heterocycles. The molecule has 0 N–H and O–H groups in total. The Labute approximate surface area is 137 Å². The van der Waals surface area contributed by atoms with E-state index in [2.05, 4.69) is 15.9 Å². The van der Waals surface area contributed by atoms with Gasteiger partial charge in [0.05, 0.1) is 5.56 Å². The van der Waals surface area contributed by atoms with E-state index in [4.69, 9.17) is 14.2 Å². The summed E-state index contributed by atoms with van der Waals surface area (Å²) in [5, 5.41) is 0. The lowest BCUT2D eigenvalue weighted by atomic mass is 10.1. The zero-order chi connectivity index (χ0) is 15.7. The van der Waals surface area contributed by atoms with E-state index in [0.717, 1.165) is 21.2 Å². The standard InChI is InChI=1S/C17H15BrO4/c1-10-3-4-13(11(2)5-10)17(19)20-8-12-6-15-16(7-14(12)18)22-9-21-15/h3-7H,8-9H2,1-2H3. The molecule has 0 fully saturated rings. The van der Waals surface area contributed by atoms with Gasteiger partial charge in [0.1, 0.15) is 6.61 Å². The van der Waals surface area contributed by atoms with Crippen molar-refractivity contribution in [3.63, 3.8) is 0 Å². The summed E-state index contributed by atoms with van der Waals surface area (Å²) < 4.78 is 16.9. The predicted molar refractivity (Wildman–Crippen MR) is 85.3 cm³/mol. The van der Waals surface area contributed by atoms with E-state index in [9.17, 15) is 4.79 Å². The highest BCUT2D eigenvalue weighted by Crippen LogP contribution is 2.37. The van der Waals surface area contributed by atoms with Crippen LogP contribution in [-0.2, 0) is 11.3 Å². The topological polar surface area (TPSA) is 44.8 Å². The lowest BCUT2D eigenvalue weighted by Crippen LogP contribution is -2.07. The minimum Gasteiger partial charge on any atom is -0.457 e. The second-order valence-corrected chi connectivity index (χ2v) is 6.05. The van der Waals surface area contributed by atoms with Crippen LogP contribution >= 0.6 is 15.9 Å². The van der Waals surface area contributed by atoms with Crippen molar-refractivity contribution < 1.29 is 19.0 Å². The SMILES string of the molecule is Cc1ccc(C(=O)OCc2cc3c(cc2Br)OCO3)c(C)c1. The van der Waals surface area contributed by atoms with Crippen molar-refractivity contribution in [2.75, 3.05) is 6.79 Å². The van der Waals surface area contributed by atoms with Gasteiger partial charge >= 0.3 is 5.97 Å². The molecule has 1 aliphatic rings. The van der Waals surface area contributed by atoms with Crippen molar-refractivity contribution >= 4 is 21.9 Å². The summed E-state index contributed by atoms with van der Waals surface area (Å²) in [6.07, 6.45) is 0. The zero-order valence-corrected chi connectivity index (χ0v) is 13.9. The summed E-state index contributed by atoms with van der Waals surface area (Å²) in [7, 11) is 0. The van der Waals surface area contributed by atoms with E-state index in [1.807, 2.05) is 38.1 Å². The van der Waals surface area contributed by atoms with Crippen LogP contribution in [0.3, 0.4) is 0 Å². The van der Waals surface area contributed by atoms with E-state index in [0.29, 0.717) is 17.1 Å². The molecule has 1 aliphatic heterocycles. The molecule has 0 saturated carbocycles. The Morgan fingerprint density at radius 2 is 1.91 bits per heavy atom. The number of hydrogen-bond acceptors (Lipinski definition) is 4. The molecule has 0 amide bonds. The Bertz CT molecular complexity index is 740. The monoisotopic (exact) mass is 362 g/mol. The summed E-state index contributed by atoms with van der Waals surface area (Å²) >= 11 is 3.45. The zero-order valence-electron chi connectivity index (χ0n) is 12.3. The highest BCUT2D eigenvalue weighted by atomic mass is 79.9. The van der Waals surface area contributed by atoms with Crippen LogP contribution in [0.15, 0.2) is 34.8 Å². The molecule has 0 unspecified atom stereocenters. The van der Waals surface area contributed by atoms with Gasteiger partial charge in [-0.25, -0.2) is 4.79 Å². The lowest BCUT2D eigenvalue weighted by Gasteiger charge is -2.10. The van der Waals surface area contributed by atoms with Crippen molar-refractivity contribution in [3.8, 4) is 11.5 Å². The third-order valence-corrected chi connectivity index (χ3v) is 4.24. The number of carbonyl (C=O) groups is 1. The molecule has 0 atom stereocenters. The summed E-state index contributed by atoms with van der Waals surface area (Å²) in [6.45, 7) is 4.28. The first-order valence-electron chi connectivity index (χ1n) is 6.87. The van der Waals surface area contributed by atoms with Gasteiger partial charge in [-0.1, -0.05) is 33.6 Å². The average Bonchev–Trinajstić information content (AvgIpc) is 2.91. The van der Waals surface area contributed by atoms with Crippen LogP contribution in [-0.4, -0.2) is 12.8 Å². The molecule has 2 aromatic rings. The van der Waals surface area contributed by atoms with Gasteiger partial charge in [-0.2, -0.15) is 0 Å². The van der Waals surface area contributed by atoms with Crippen molar-refractivity contribution in [2.45, 2.75) is 20.5 Å². The summed E-state index contributed by atoms with van der Waals surface area (Å²) in [5.41, 5.74) is 3.45. The van der Waals surface area contributed by atoms with Crippen LogP contribution in [0.4, 0.5) is 0 Å². The maximum Gasteiger partial charge on any atom is 0.338 e. The van der Waals surface area contributed by atoms with E-state index >= 15 is 0 Å². The van der Waals surface area contributed by atoms with Gasteiger partial charge in [0.15, 0.2) is 11.5 Å². The van der Waals surface area contributed by atoms with Gasteiger partial charge in [-0.3, -0.25) is 0 Å². The number of rotatable bonds is 3. The first-order valence-corrected chi connectivity index (χ1v) is 7.66. The summed E-state index contributed by atoms with van der Waals surface area (Å²) in [5.74, 6) is 1.03. The lowest BCUT2D eigenvalue weighted by molar-refractivity contribution is 0.0471. The summed E-state index contributed by atoms with van der Waals surface area (Å²) in [4.78, 5) is 12.2. The number of ether oxygens (including phenoxy) is 3. The Morgan fingerprint density at radius 3 is 2.64 bits per heavy atom. The number of benzene rings is 2. The largest absolute Gasteiger partial charge is 0.457 e. The molecule has 5 heteroatoms. The second-order valence-electron chi connectivity index (χ2n) is 5.19. The van der Waals surface area contributed by atoms with Gasteiger partial charge in [0.25, 0.3) is 0 Å². The Balaban J connectivity index is 1.74. The molecule has 0 spiro atoms. The molecule has 4 nitrogen and oxygen atoms in total. The minimum absolute atomic E-state index is 0.170. The molecule has 0 aliphatic carbocycles. The smallest absolute Gasteiger partial charge is 0.338 e. The maximum atomic E-state index is 12.2. The van der Waals surface area contributed by atoms with Crippen molar-refractivity contribution in [3.05, 3.63) is 57.1 Å². The highest BCUT2D eigenvalue weighted by Gasteiger charge is 2.18. The van der Waals surface area contributed by atoms with Gasteiger partial charge < -0.3 is 14.2 Å². The Hall–Kier alpha value is -2.01. The van der Waals surface area contributed by atoms with Crippen LogP contribution in [0.25, 0.3) is 0 Å². The molecule has 114 valence electrons. The molecule has 0 radical (unpaired) electrons. The first kappa shape index (κ1) is 14.9. The molecular formula is C17H15BrO4. The van der Waals surface area contributed by atoms with Gasteiger partial charge in [-0.05, 0) is 37.6 Å². The number of carbonyl (C=O) groups excluding carboxylic acids is 1. The van der Waals surface area contributed by atoms with Gasteiger partial charge in [-0.15, -0.1) is 0 Å². The van der Waals surface area contributed by atoms with Crippen LogP contribution < -0.4 is 9.47 Å². The van der Waals surface area contributed by atoms with E-state index in [1.165, 1.54) is 0 Å². The van der Waals surface area contributed by atoms with Crippen molar-refractivity contribution in [1.29, 1.82) is 0 Å². The number of aryl methyl sites for hydroxylation is 2. The Kier molecular flexibility index (Phi) is 4.07. The van der Waals surface area contributed by atoms with Crippen LogP contribution in [0.2, 0.25) is 0 Å². The average molecular weight is 363 g/mol. The predicted octanol–water partition coefficient (Wildman–Crippen LogP) is 4.15. The van der Waals surface area contributed by atoms with Crippen LogP contribution in [0, 0.1) is 13.8 Å². The molecular weight excluding hydrogens is 348 g/mol. The van der Waals surface area contributed by atoms with E-state index < -0.39 is 0 Å². The van der Waals surface area contributed by atoms with Crippen LogP contribution in [0.5, 0.6) is 11.5 Å². The third-order valence-electron chi connectivity index (χ3n) is 3.50. The fourth-order valence-electron chi connectivity index (χ4n) is 2.33. The number of halogens is 1. The highest BCUT2D eigenvalue weighted by molar-refractivity contribution is 9.10. The minimum atomic E-state index is -0.331. The number of esters is 1. The molecule has 3 rings (SSSR count). The molecule has 22 heavy (non-hydrogen) atoms. The second kappa shape index (κ2) is 6.01. The fraction of sp³-hybridized carbons (Fsp3) is 0.235. The van der Waals surface area contributed by atoms with Crippen molar-refractivity contribution in [1.82, 2.24) is 0 Å². The molecule has 0 saturated heterocycles. The van der Waals surface area contributed by atoms with Crippen LogP contribution in [0.1, 0.15) is 27.0 Å². The molecule has 2 aromatic carbocycles. The van der Waals surface area contributed by atoms with E-state index in [1.54, 1.807) is 6.07 Å². The van der Waals surface area contributed by atoms with Crippen molar-refractivity contribution in [2.24, 2.45) is 0 Å². The quantitative estimate of drug-likeness (QED) is 0.769. The first-order chi connectivity index (χ1) is 10.5. The normalized spacial score (nSPS) is 12.3. The van der Waals surface area contributed by atoms with E-state index in [-0.39, 0.29) is 19.4 Å². The maximum absolute atomic E-state index is 12.2. The summed E-state index contributed by atoms with van der Waals surface area (Å²) in [6, 6.07) is 9.30. The Morgan fingerprint density at radius 1 is 1.18 bits per heavy atom. The fourth-order valence-corrected chi connectivity index (χ4v) is 2.77. The van der Waals surface area contributed by atoms with Gasteiger partial charge in [0, 0.05) is 10.0 Å². The number of fused-ring (bicyclic) bond motifs is 1. The molecule has 0 aromatic heterocycles. The third kappa shape index (κ3) is 2.95. The number of hydrogen-bond donors (Lipinski definition) is 0. The molecule has 0 bridgehead atoms.